The van der Waals surface area contributed by atoms with Gasteiger partial charge in [0, 0.05) is 42.3 Å². The lowest BCUT2D eigenvalue weighted by Gasteiger charge is -2.33. The summed E-state index contributed by atoms with van der Waals surface area (Å²) in [4.78, 5) is 18.3. The highest BCUT2D eigenvalue weighted by molar-refractivity contribution is 6.42. The number of carbonyl (C=O) groups is 1. The largest absolute Gasteiger partial charge is 0.340 e. The molecule has 1 aliphatic heterocycles. The molecule has 0 spiro atoms. The lowest BCUT2D eigenvalue weighted by Crippen LogP contribution is -2.44. The second-order valence-corrected chi connectivity index (χ2v) is 8.86. The lowest BCUT2D eigenvalue weighted by molar-refractivity contribution is 0.0729. The zero-order chi connectivity index (χ0) is 24.0. The normalized spacial score (nSPS) is 14.7. The van der Waals surface area contributed by atoms with Crippen LogP contribution in [0.15, 0.2) is 54.9 Å². The molecule has 1 amide bonds. The van der Waals surface area contributed by atoms with E-state index in [1.165, 1.54) is 22.7 Å². The summed E-state index contributed by atoms with van der Waals surface area (Å²) in [6.07, 6.45) is 6.66. The molecular weight excluding hydrogens is 425 g/mol. The van der Waals surface area contributed by atoms with E-state index in [0.29, 0.717) is 16.8 Å². The summed E-state index contributed by atoms with van der Waals surface area (Å²) in [5.41, 5.74) is 4.75. The number of hydrogen-bond donors (Lipinski definition) is 0. The van der Waals surface area contributed by atoms with E-state index in [0.717, 1.165) is 41.3 Å². The van der Waals surface area contributed by atoms with E-state index in [-0.39, 0.29) is 12.5 Å². The summed E-state index contributed by atoms with van der Waals surface area (Å²) >= 11 is 0. The van der Waals surface area contributed by atoms with Crippen molar-refractivity contribution in [2.45, 2.75) is 38.1 Å². The maximum absolute atomic E-state index is 15.3. The Morgan fingerprint density at radius 3 is 2.62 bits per heavy atom. The number of aromatic nitrogens is 3. The molecule has 0 atom stereocenters. The van der Waals surface area contributed by atoms with E-state index in [9.17, 15) is 4.79 Å². The summed E-state index contributed by atoms with van der Waals surface area (Å²) in [5.74, 6) is -0.798. The average molecular weight is 448 g/mol. The van der Waals surface area contributed by atoms with Crippen molar-refractivity contribution in [1.82, 2.24) is 19.7 Å². The van der Waals surface area contributed by atoms with Gasteiger partial charge in [0.15, 0.2) is 0 Å². The number of pyridine rings is 1. The van der Waals surface area contributed by atoms with Gasteiger partial charge in [0.2, 0.25) is 0 Å². The highest BCUT2D eigenvalue weighted by Crippen LogP contribution is 2.36. The first-order valence-corrected chi connectivity index (χ1v) is 11.4. The first-order chi connectivity index (χ1) is 16.3. The third kappa shape index (κ3) is 3.61. The van der Waals surface area contributed by atoms with E-state index >= 15 is 4.39 Å². The number of nitrogens with zero attached hydrogens (tertiary/aromatic N) is 4. The number of unbranched alkanes of at least 4 members (excludes halogenated alkanes) is 1. The van der Waals surface area contributed by atoms with E-state index in [1.807, 2.05) is 25.4 Å². The molecule has 166 valence electrons. The smallest absolute Gasteiger partial charge is 0.255 e. The predicted molar refractivity (Wildman–Crippen MR) is 132 cm³/mol. The molecule has 0 saturated heterocycles. The molecule has 0 N–H and O–H groups in total. The Balaban J connectivity index is 1.48. The van der Waals surface area contributed by atoms with Crippen molar-refractivity contribution in [3.63, 3.8) is 0 Å². The SMILES string of the molecule is [B]C1([B])c2ncccc2C(=O)N1Cc1ccc(-c2ccc(CCCC)c3nn(C)cc23)cc1F. The van der Waals surface area contributed by atoms with Crippen LogP contribution < -0.4 is 0 Å². The molecule has 0 aliphatic carbocycles. The van der Waals surface area contributed by atoms with Crippen LogP contribution in [0.1, 0.15) is 46.9 Å². The van der Waals surface area contributed by atoms with Gasteiger partial charge in [0.05, 0.1) is 32.5 Å². The van der Waals surface area contributed by atoms with Crippen LogP contribution in [0.3, 0.4) is 0 Å². The molecule has 0 fully saturated rings. The summed E-state index contributed by atoms with van der Waals surface area (Å²) in [5, 5.41) is 4.04. The van der Waals surface area contributed by atoms with Crippen molar-refractivity contribution in [2.24, 2.45) is 7.05 Å². The second kappa shape index (κ2) is 8.42. The van der Waals surface area contributed by atoms with Crippen molar-refractivity contribution in [2.75, 3.05) is 0 Å². The molecule has 2 aromatic heterocycles. The van der Waals surface area contributed by atoms with Crippen LogP contribution in [0, 0.1) is 5.82 Å². The monoisotopic (exact) mass is 448 g/mol. The molecule has 0 unspecified atom stereocenters. The highest BCUT2D eigenvalue weighted by Gasteiger charge is 2.43. The molecule has 8 heteroatoms. The highest BCUT2D eigenvalue weighted by atomic mass is 19.1. The topological polar surface area (TPSA) is 51.0 Å². The Morgan fingerprint density at radius 1 is 1.09 bits per heavy atom. The second-order valence-electron chi connectivity index (χ2n) is 8.86. The van der Waals surface area contributed by atoms with Gasteiger partial charge in [-0.05, 0) is 47.7 Å². The molecule has 5 nitrogen and oxygen atoms in total. The fourth-order valence-electron chi connectivity index (χ4n) is 4.65. The third-order valence-electron chi connectivity index (χ3n) is 6.48. The molecular formula is C26H23B2FN4O. The summed E-state index contributed by atoms with van der Waals surface area (Å²) in [6.45, 7) is 2.10. The molecule has 4 radical (unpaired) electrons. The molecule has 1 aliphatic rings. The van der Waals surface area contributed by atoms with Crippen molar-refractivity contribution in [1.29, 1.82) is 0 Å². The molecule has 2 aromatic carbocycles. The van der Waals surface area contributed by atoms with Gasteiger partial charge in [-0.25, -0.2) is 4.39 Å². The fraction of sp³-hybridized carbons (Fsp3) is 0.269. The van der Waals surface area contributed by atoms with Crippen LogP contribution in [0.25, 0.3) is 22.0 Å². The Morgan fingerprint density at radius 2 is 1.88 bits per heavy atom. The summed E-state index contributed by atoms with van der Waals surface area (Å²) in [7, 11) is 14.4. The maximum atomic E-state index is 15.3. The molecule has 5 rings (SSSR count). The fourth-order valence-corrected chi connectivity index (χ4v) is 4.65. The molecule has 34 heavy (non-hydrogen) atoms. The van der Waals surface area contributed by atoms with Gasteiger partial charge in [-0.3, -0.25) is 14.5 Å². The van der Waals surface area contributed by atoms with Gasteiger partial charge in [0.25, 0.3) is 5.91 Å². The van der Waals surface area contributed by atoms with Gasteiger partial charge in [-0.1, -0.05) is 37.6 Å². The minimum absolute atomic E-state index is 0.0629. The first-order valence-electron chi connectivity index (χ1n) is 11.4. The Kier molecular flexibility index (Phi) is 5.54. The van der Waals surface area contributed by atoms with Gasteiger partial charge in [0.1, 0.15) is 5.82 Å². The Bertz CT molecular complexity index is 1420. The maximum Gasteiger partial charge on any atom is 0.255 e. The van der Waals surface area contributed by atoms with Crippen molar-refractivity contribution in [3.05, 3.63) is 83.1 Å². The predicted octanol–water partition coefficient (Wildman–Crippen LogP) is 4.22. The standard InChI is InChI=1S/C26H23B2FN4O/c1-3-4-6-16-10-11-19(21-15-32(2)31-23(16)21)17-8-9-18(22(29)13-17)14-33-25(34)20-7-5-12-30-24(20)26(33,27)28/h5,7-13,15H,3-4,6,14H2,1-2H3. The Hall–Kier alpha value is -3.41. The molecule has 0 bridgehead atoms. The number of rotatable bonds is 6. The Labute approximate surface area is 200 Å². The number of amides is 1. The number of halogens is 1. The molecule has 0 saturated carbocycles. The first kappa shape index (κ1) is 22.4. The number of hydrogen-bond acceptors (Lipinski definition) is 3. The van der Waals surface area contributed by atoms with Crippen LogP contribution in [0.4, 0.5) is 4.39 Å². The summed E-state index contributed by atoms with van der Waals surface area (Å²) in [6, 6.07) is 12.4. The van der Waals surface area contributed by atoms with E-state index in [2.05, 4.69) is 23.1 Å². The number of fused-ring (bicyclic) bond motifs is 2. The van der Waals surface area contributed by atoms with Crippen molar-refractivity contribution >= 4 is 32.5 Å². The van der Waals surface area contributed by atoms with E-state index in [1.54, 1.807) is 22.9 Å². The van der Waals surface area contributed by atoms with Crippen LogP contribution in [0.5, 0.6) is 0 Å². The van der Waals surface area contributed by atoms with E-state index in [4.69, 9.17) is 15.7 Å². The number of benzene rings is 2. The van der Waals surface area contributed by atoms with Gasteiger partial charge >= 0.3 is 0 Å². The minimum Gasteiger partial charge on any atom is -0.340 e. The van der Waals surface area contributed by atoms with Crippen LogP contribution in [-0.2, 0) is 25.4 Å². The third-order valence-corrected chi connectivity index (χ3v) is 6.48. The molecule has 3 heterocycles. The van der Waals surface area contributed by atoms with Crippen molar-refractivity contribution in [3.8, 4) is 11.1 Å². The zero-order valence-corrected chi connectivity index (χ0v) is 19.3. The van der Waals surface area contributed by atoms with Gasteiger partial charge in [-0.15, -0.1) is 0 Å². The lowest BCUT2D eigenvalue weighted by atomic mass is 9.59. The van der Waals surface area contributed by atoms with E-state index < -0.39 is 11.2 Å². The quantitative estimate of drug-likeness (QED) is 0.416. The van der Waals surface area contributed by atoms with Crippen LogP contribution >= 0.6 is 0 Å². The van der Waals surface area contributed by atoms with Gasteiger partial charge in [-0.2, -0.15) is 5.10 Å². The zero-order valence-electron chi connectivity index (χ0n) is 19.3. The number of carbonyl (C=O) groups excluding carboxylic acids is 1. The number of aryl methyl sites for hydroxylation is 2. The van der Waals surface area contributed by atoms with Gasteiger partial charge < -0.3 is 4.90 Å². The average Bonchev–Trinajstić information content (AvgIpc) is 3.30. The summed E-state index contributed by atoms with van der Waals surface area (Å²) < 4.78 is 17.1. The van der Waals surface area contributed by atoms with Crippen LogP contribution in [-0.4, -0.2) is 41.3 Å². The minimum atomic E-state index is -1.60. The molecule has 4 aromatic rings. The van der Waals surface area contributed by atoms with Crippen LogP contribution in [0.2, 0.25) is 0 Å². The van der Waals surface area contributed by atoms with Crippen molar-refractivity contribution < 1.29 is 9.18 Å².